The second kappa shape index (κ2) is 6.13. The molecule has 1 amide bonds. The number of amides is 1. The van der Waals surface area contributed by atoms with Gasteiger partial charge in [-0.2, -0.15) is 5.10 Å². The van der Waals surface area contributed by atoms with E-state index in [2.05, 4.69) is 25.5 Å². The predicted octanol–water partition coefficient (Wildman–Crippen LogP) is 0.874. The minimum Gasteiger partial charge on any atom is -0.396 e. The van der Waals surface area contributed by atoms with Crippen LogP contribution in [-0.2, 0) is 11.2 Å². The maximum absolute atomic E-state index is 12.1. The van der Waals surface area contributed by atoms with Gasteiger partial charge in [0, 0.05) is 30.4 Å². The van der Waals surface area contributed by atoms with Crippen molar-refractivity contribution in [2.24, 2.45) is 5.10 Å². The molecule has 0 unspecified atom stereocenters. The number of H-pyrrole nitrogens is 1. The normalized spacial score (nSPS) is 15.9. The minimum absolute atomic E-state index is 0.0857. The highest BCUT2D eigenvalue weighted by molar-refractivity contribution is 6.32. The number of aryl methyl sites for hydroxylation is 1. The molecule has 1 aliphatic heterocycles. The molecule has 118 valence electrons. The maximum Gasteiger partial charge on any atom is 0.273 e. The number of aromatic amines is 1. The van der Waals surface area contributed by atoms with Gasteiger partial charge in [0.2, 0.25) is 0 Å². The molecule has 3 heterocycles. The van der Waals surface area contributed by atoms with Crippen molar-refractivity contribution in [2.45, 2.75) is 20.3 Å². The summed E-state index contributed by atoms with van der Waals surface area (Å²) in [6.07, 6.45) is 7.03. The first kappa shape index (κ1) is 15.1. The summed E-state index contributed by atoms with van der Waals surface area (Å²) in [5.74, 6) is -0.277. The monoisotopic (exact) mass is 311 g/mol. The van der Waals surface area contributed by atoms with Crippen LogP contribution in [0, 0.1) is 13.8 Å². The summed E-state index contributed by atoms with van der Waals surface area (Å²) >= 11 is 0. The second-order valence-electron chi connectivity index (χ2n) is 5.29. The Morgan fingerprint density at radius 3 is 2.83 bits per heavy atom. The van der Waals surface area contributed by atoms with Crippen LogP contribution in [0.2, 0.25) is 0 Å². The van der Waals surface area contributed by atoms with Crippen molar-refractivity contribution in [2.75, 3.05) is 6.61 Å². The Morgan fingerprint density at radius 1 is 1.30 bits per heavy atom. The van der Waals surface area contributed by atoms with Crippen LogP contribution in [0.3, 0.4) is 0 Å². The number of carbonyl (C=O) groups is 1. The fourth-order valence-electron chi connectivity index (χ4n) is 2.68. The molecule has 0 spiro atoms. The number of hydrogen-bond donors (Lipinski definition) is 3. The lowest BCUT2D eigenvalue weighted by atomic mass is 10.0. The van der Waals surface area contributed by atoms with Gasteiger partial charge in [-0.25, -0.2) is 5.43 Å². The topological polar surface area (TPSA) is 103 Å². The first-order valence-electron chi connectivity index (χ1n) is 7.27. The number of hydrogen-bond acceptors (Lipinski definition) is 5. The molecule has 0 bridgehead atoms. The molecule has 0 saturated heterocycles. The smallest absolute Gasteiger partial charge is 0.273 e. The largest absolute Gasteiger partial charge is 0.396 e. The highest BCUT2D eigenvalue weighted by Crippen LogP contribution is 2.23. The van der Waals surface area contributed by atoms with Crippen LogP contribution < -0.4 is 5.43 Å². The number of aromatic nitrogens is 3. The third-order valence-electron chi connectivity index (χ3n) is 3.86. The van der Waals surface area contributed by atoms with Gasteiger partial charge in [0.25, 0.3) is 5.91 Å². The second-order valence-corrected chi connectivity index (χ2v) is 5.29. The molecular weight excluding hydrogens is 294 g/mol. The summed E-state index contributed by atoms with van der Waals surface area (Å²) in [5.41, 5.74) is 7.80. The van der Waals surface area contributed by atoms with Gasteiger partial charge < -0.3 is 10.1 Å². The molecule has 0 saturated carbocycles. The Hall–Kier alpha value is -2.80. The lowest BCUT2D eigenvalue weighted by Crippen LogP contribution is -2.14. The van der Waals surface area contributed by atoms with Crippen LogP contribution in [0.25, 0.3) is 6.08 Å². The van der Waals surface area contributed by atoms with E-state index in [1.807, 2.05) is 13.8 Å². The molecule has 7 heteroatoms. The highest BCUT2D eigenvalue weighted by atomic mass is 16.3. The van der Waals surface area contributed by atoms with Crippen molar-refractivity contribution in [3.05, 3.63) is 52.4 Å². The zero-order chi connectivity index (χ0) is 16.4. The fraction of sp³-hybridized carbons (Fsp3) is 0.250. The van der Waals surface area contributed by atoms with Gasteiger partial charge in [0.05, 0.1) is 11.8 Å². The average Bonchev–Trinajstić information content (AvgIpc) is 3.04. The Morgan fingerprint density at radius 2 is 2.13 bits per heavy atom. The molecule has 3 rings (SSSR count). The molecular formula is C16H17N5O2. The van der Waals surface area contributed by atoms with E-state index < -0.39 is 0 Å². The van der Waals surface area contributed by atoms with Gasteiger partial charge in [-0.05, 0) is 37.5 Å². The minimum atomic E-state index is -0.277. The van der Waals surface area contributed by atoms with Crippen molar-refractivity contribution in [1.29, 1.82) is 0 Å². The van der Waals surface area contributed by atoms with Crippen molar-refractivity contribution in [1.82, 2.24) is 20.4 Å². The number of nitrogens with zero attached hydrogens (tertiary/aromatic N) is 3. The van der Waals surface area contributed by atoms with Crippen LogP contribution in [0.5, 0.6) is 0 Å². The maximum atomic E-state index is 12.1. The summed E-state index contributed by atoms with van der Waals surface area (Å²) in [6.45, 7) is 4.00. The standard InChI is InChI=1S/C16H17N5O2/c1-9-11(3-6-22)10(2)19-13(9)7-12-15(20-21-16(12)23)14-8-17-4-5-18-14/h4-5,7-8,19,22H,3,6H2,1-2H3,(H,21,23). The molecule has 0 atom stereocenters. The number of aliphatic hydroxyl groups is 1. The number of hydrazone groups is 1. The summed E-state index contributed by atoms with van der Waals surface area (Å²) in [5, 5.41) is 13.2. The lowest BCUT2D eigenvalue weighted by Gasteiger charge is -2.01. The van der Waals surface area contributed by atoms with Gasteiger partial charge in [-0.3, -0.25) is 14.8 Å². The summed E-state index contributed by atoms with van der Waals surface area (Å²) in [4.78, 5) is 23.6. The molecule has 23 heavy (non-hydrogen) atoms. The fourth-order valence-corrected chi connectivity index (χ4v) is 2.68. The van der Waals surface area contributed by atoms with Crippen LogP contribution in [0.1, 0.15) is 28.2 Å². The van der Waals surface area contributed by atoms with Gasteiger partial charge in [-0.15, -0.1) is 0 Å². The SMILES string of the molecule is Cc1[nH]c(C=C2C(=O)NN=C2c2cnccn2)c(C)c1CCO. The zero-order valence-electron chi connectivity index (χ0n) is 12.9. The summed E-state index contributed by atoms with van der Waals surface area (Å²) in [7, 11) is 0. The third kappa shape index (κ3) is 2.78. The van der Waals surface area contributed by atoms with E-state index in [1.54, 1.807) is 24.7 Å². The Labute approximate surface area is 133 Å². The van der Waals surface area contributed by atoms with E-state index in [0.717, 1.165) is 22.5 Å². The van der Waals surface area contributed by atoms with Gasteiger partial charge in [-0.1, -0.05) is 0 Å². The van der Waals surface area contributed by atoms with Crippen LogP contribution in [0.4, 0.5) is 0 Å². The number of rotatable bonds is 4. The Kier molecular flexibility index (Phi) is 4.03. The summed E-state index contributed by atoms with van der Waals surface area (Å²) < 4.78 is 0. The van der Waals surface area contributed by atoms with Gasteiger partial charge >= 0.3 is 0 Å². The van der Waals surface area contributed by atoms with E-state index >= 15 is 0 Å². The molecule has 1 aliphatic rings. The number of carbonyl (C=O) groups excluding carboxylic acids is 1. The Bertz CT molecular complexity index is 805. The zero-order valence-corrected chi connectivity index (χ0v) is 12.9. The molecule has 0 radical (unpaired) electrons. The van der Waals surface area contributed by atoms with Crippen molar-refractivity contribution in [3.8, 4) is 0 Å². The molecule has 0 aromatic carbocycles. The molecule has 7 nitrogen and oxygen atoms in total. The summed E-state index contributed by atoms with van der Waals surface area (Å²) in [6, 6.07) is 0. The van der Waals surface area contributed by atoms with Crippen molar-refractivity contribution < 1.29 is 9.90 Å². The Balaban J connectivity index is 2.03. The highest BCUT2D eigenvalue weighted by Gasteiger charge is 2.25. The van der Waals surface area contributed by atoms with Crippen LogP contribution in [0.15, 0.2) is 29.3 Å². The van der Waals surface area contributed by atoms with Crippen LogP contribution >= 0.6 is 0 Å². The van der Waals surface area contributed by atoms with E-state index in [0.29, 0.717) is 23.4 Å². The van der Waals surface area contributed by atoms with E-state index in [4.69, 9.17) is 5.11 Å². The first-order chi connectivity index (χ1) is 11.1. The van der Waals surface area contributed by atoms with Gasteiger partial charge in [0.1, 0.15) is 11.4 Å². The average molecular weight is 311 g/mol. The third-order valence-corrected chi connectivity index (χ3v) is 3.86. The predicted molar refractivity (Wildman–Crippen MR) is 85.7 cm³/mol. The number of aliphatic hydroxyl groups excluding tert-OH is 1. The quantitative estimate of drug-likeness (QED) is 0.729. The molecule has 2 aromatic rings. The van der Waals surface area contributed by atoms with Crippen molar-refractivity contribution in [3.63, 3.8) is 0 Å². The molecule has 2 aromatic heterocycles. The van der Waals surface area contributed by atoms with E-state index in [1.165, 1.54) is 0 Å². The number of nitrogens with one attached hydrogen (secondary N) is 2. The molecule has 0 fully saturated rings. The van der Waals surface area contributed by atoms with E-state index in [-0.39, 0.29) is 12.5 Å². The first-order valence-corrected chi connectivity index (χ1v) is 7.27. The van der Waals surface area contributed by atoms with Crippen LogP contribution in [-0.4, -0.2) is 38.3 Å². The van der Waals surface area contributed by atoms with Crippen molar-refractivity contribution >= 4 is 17.7 Å². The van der Waals surface area contributed by atoms with E-state index in [9.17, 15) is 4.79 Å². The lowest BCUT2D eigenvalue weighted by molar-refractivity contribution is -0.116. The molecule has 0 aliphatic carbocycles. The van der Waals surface area contributed by atoms with Gasteiger partial charge in [0.15, 0.2) is 0 Å². The molecule has 3 N–H and O–H groups in total.